The van der Waals surface area contributed by atoms with Crippen LogP contribution in [0.1, 0.15) is 35.6 Å². The van der Waals surface area contributed by atoms with Crippen LogP contribution in [-0.2, 0) is 49.0 Å². The van der Waals surface area contributed by atoms with Crippen molar-refractivity contribution in [2.45, 2.75) is 99.9 Å². The number of hydrogen-bond acceptors (Lipinski definition) is 11. The fourth-order valence-corrected chi connectivity index (χ4v) is 14.1. The average Bonchev–Trinajstić information content (AvgIpc) is 3.69. The van der Waals surface area contributed by atoms with Gasteiger partial charge in [-0.1, -0.05) is 91.9 Å². The molecule has 15 heteroatoms. The van der Waals surface area contributed by atoms with Crippen molar-refractivity contribution in [2.24, 2.45) is 5.92 Å². The second-order valence-corrected chi connectivity index (χ2v) is 21.9. The summed E-state index contributed by atoms with van der Waals surface area (Å²) in [6.07, 6.45) is -9.44. The first-order valence-electron chi connectivity index (χ1n) is 20.7. The number of fused-ring (bicyclic) bond motifs is 3. The lowest BCUT2D eigenvalue weighted by molar-refractivity contribution is -0.274. The van der Waals surface area contributed by atoms with Gasteiger partial charge in [-0.2, -0.15) is 0 Å². The number of benzene rings is 4. The molecule has 0 radical (unpaired) electrons. The summed E-state index contributed by atoms with van der Waals surface area (Å²) in [5.74, 6) is -1.20. The van der Waals surface area contributed by atoms with Gasteiger partial charge >= 0.3 is 0 Å². The molecule has 14 nitrogen and oxygen atoms in total. The van der Waals surface area contributed by atoms with Gasteiger partial charge in [0.2, 0.25) is 5.91 Å². The van der Waals surface area contributed by atoms with E-state index < -0.39 is 68.4 Å². The van der Waals surface area contributed by atoms with Crippen LogP contribution in [0.2, 0.25) is 18.6 Å². The number of carbonyl (C=O) groups is 3. The van der Waals surface area contributed by atoms with Crippen molar-refractivity contribution in [1.82, 2.24) is 4.90 Å². The van der Waals surface area contributed by atoms with Gasteiger partial charge < -0.3 is 54.9 Å². The largest absolute Gasteiger partial charge is 0.497 e. The Morgan fingerprint density at radius 1 is 0.902 bits per heavy atom. The fraction of sp³-hybridized carbons (Fsp3) is 0.413. The number of carbonyl (C=O) groups excluding carboxylic acids is 3. The molecule has 3 amide bonds. The van der Waals surface area contributed by atoms with E-state index in [9.17, 15) is 35.1 Å². The maximum Gasteiger partial charge on any atom is 0.264 e. The highest BCUT2D eigenvalue weighted by atomic mass is 28.3. The third-order valence-corrected chi connectivity index (χ3v) is 17.8. The topological polar surface area (TPSA) is 199 Å². The van der Waals surface area contributed by atoms with Crippen molar-refractivity contribution in [3.05, 3.63) is 119 Å². The predicted octanol–water partition coefficient (Wildman–Crippen LogP) is 2.53. The van der Waals surface area contributed by atoms with E-state index in [1.807, 2.05) is 85.8 Å². The van der Waals surface area contributed by atoms with Gasteiger partial charge in [0.1, 0.15) is 24.1 Å². The molecule has 0 aliphatic carbocycles. The van der Waals surface area contributed by atoms with E-state index in [4.69, 9.17) is 14.2 Å². The summed E-state index contributed by atoms with van der Waals surface area (Å²) in [5.41, 5.74) is 2.33. The number of nitrogens with one attached hydrogen (secondary N) is 1. The lowest BCUT2D eigenvalue weighted by atomic mass is 9.82. The van der Waals surface area contributed by atoms with Crippen molar-refractivity contribution in [3.63, 3.8) is 0 Å². The van der Waals surface area contributed by atoms with Crippen LogP contribution in [0, 0.1) is 5.92 Å². The second-order valence-electron chi connectivity index (χ2n) is 17.2. The number of amides is 3. The standard InChI is InChI=1S/C46H53N3O11Si/c1-26-42(61(3,4)33-17-15-32(58-2)16-18-33)36(22-37(51)48-24-29-13-9-8-12-28(29)20-31(48)25-50)60-46(26)34-21-30(47-43(55)41-39(53)38(52)40(54)44(56)59-41)14-19-35(34)49(45(46)57)23-27-10-6-5-7-11-27/h5-19,21,26,31,36,38-42,44,50,52-54,56H,20,22-25H2,1-4H3,(H,47,55)/t26-,31+,36+,38+,39+,40-,41+,42-,44-,46+/m1/s1. The average molecular weight is 852 g/mol. The smallest absolute Gasteiger partial charge is 0.264 e. The van der Waals surface area contributed by atoms with Gasteiger partial charge in [-0.05, 0) is 59.0 Å². The van der Waals surface area contributed by atoms with Gasteiger partial charge in [0.05, 0.1) is 52.6 Å². The van der Waals surface area contributed by atoms with Crippen LogP contribution in [0.15, 0.2) is 97.1 Å². The van der Waals surface area contributed by atoms with Crippen LogP contribution < -0.4 is 20.1 Å². The lowest BCUT2D eigenvalue weighted by Crippen LogP contribution is -2.60. The zero-order valence-corrected chi connectivity index (χ0v) is 35.5. The number of anilines is 2. The maximum absolute atomic E-state index is 15.4. The Labute approximate surface area is 355 Å². The number of aliphatic hydroxyl groups excluding tert-OH is 5. The summed E-state index contributed by atoms with van der Waals surface area (Å²) < 4.78 is 18.0. The summed E-state index contributed by atoms with van der Waals surface area (Å²) in [4.78, 5) is 47.1. The molecule has 4 aliphatic rings. The zero-order chi connectivity index (χ0) is 43.4. The SMILES string of the molecule is COc1ccc([Si](C)(C)[C@H]2[C@H](CC(=O)N3Cc4ccccc4C[C@H]3CO)O[C@@]3(C(=O)N(Cc4ccccc4)c4ccc(NC(=O)[C@H]5O[C@@H](O)[C@H](O)[C@@H](O)[C@@H]5O)cc43)[C@@H]2C)cc1. The Balaban J connectivity index is 1.21. The van der Waals surface area contributed by atoms with Gasteiger partial charge in [-0.15, -0.1) is 0 Å². The van der Waals surface area contributed by atoms with Gasteiger partial charge in [0.25, 0.3) is 11.8 Å². The molecule has 10 atom stereocenters. The van der Waals surface area contributed by atoms with E-state index in [0.717, 1.165) is 21.9 Å². The second kappa shape index (κ2) is 16.7. The summed E-state index contributed by atoms with van der Waals surface area (Å²) in [5, 5.41) is 55.4. The van der Waals surface area contributed by atoms with Crippen LogP contribution in [-0.4, -0.2) is 113 Å². The first-order chi connectivity index (χ1) is 29.2. The van der Waals surface area contributed by atoms with E-state index in [-0.39, 0.29) is 42.6 Å². The molecule has 0 unspecified atom stereocenters. The molecule has 61 heavy (non-hydrogen) atoms. The van der Waals surface area contributed by atoms with Crippen molar-refractivity contribution in [1.29, 1.82) is 0 Å². The molecule has 1 spiro atoms. The third-order valence-electron chi connectivity index (χ3n) is 13.4. The highest BCUT2D eigenvalue weighted by molar-refractivity contribution is 6.91. The van der Waals surface area contributed by atoms with Crippen molar-refractivity contribution >= 4 is 42.4 Å². The van der Waals surface area contributed by atoms with Crippen LogP contribution in [0.3, 0.4) is 0 Å². The molecule has 0 bridgehead atoms. The maximum atomic E-state index is 15.4. The molecule has 0 saturated carbocycles. The van der Waals surface area contributed by atoms with Crippen LogP contribution in [0.5, 0.6) is 5.75 Å². The van der Waals surface area contributed by atoms with Crippen molar-refractivity contribution in [2.75, 3.05) is 23.9 Å². The summed E-state index contributed by atoms with van der Waals surface area (Å²) in [6.45, 7) is 6.78. The highest BCUT2D eigenvalue weighted by Crippen LogP contribution is 2.60. The highest BCUT2D eigenvalue weighted by Gasteiger charge is 2.66. The van der Waals surface area contributed by atoms with Crippen LogP contribution in [0.4, 0.5) is 11.4 Å². The minimum absolute atomic E-state index is 0.0485. The lowest BCUT2D eigenvalue weighted by Gasteiger charge is -2.39. The van der Waals surface area contributed by atoms with Gasteiger partial charge in [-0.3, -0.25) is 14.4 Å². The van der Waals surface area contributed by atoms with Crippen molar-refractivity contribution < 1.29 is 54.1 Å². The molecule has 4 aliphatic heterocycles. The monoisotopic (exact) mass is 851 g/mol. The number of ether oxygens (including phenoxy) is 3. The molecule has 2 fully saturated rings. The van der Waals surface area contributed by atoms with Gasteiger partial charge in [0, 0.05) is 23.7 Å². The molecule has 0 aromatic heterocycles. The van der Waals surface area contributed by atoms with Crippen LogP contribution in [0.25, 0.3) is 0 Å². The minimum Gasteiger partial charge on any atom is -0.497 e. The Hall–Kier alpha value is -4.97. The number of nitrogens with zero attached hydrogens (tertiary/aromatic N) is 2. The molecule has 322 valence electrons. The molecule has 4 heterocycles. The Morgan fingerprint density at radius 3 is 2.28 bits per heavy atom. The normalized spacial score (nSPS) is 29.7. The first kappa shape index (κ1) is 42.7. The molecule has 2 saturated heterocycles. The number of methoxy groups -OCH3 is 1. The van der Waals surface area contributed by atoms with E-state index in [0.29, 0.717) is 30.0 Å². The predicted molar refractivity (Wildman–Crippen MR) is 227 cm³/mol. The molecule has 6 N–H and O–H groups in total. The molecule has 4 aromatic carbocycles. The summed E-state index contributed by atoms with van der Waals surface area (Å²) in [6, 6.07) is 29.9. The summed E-state index contributed by atoms with van der Waals surface area (Å²) >= 11 is 0. The fourth-order valence-electron chi connectivity index (χ4n) is 10.1. The molecular weight excluding hydrogens is 799 g/mol. The quantitative estimate of drug-likeness (QED) is 0.128. The van der Waals surface area contributed by atoms with Gasteiger partial charge in [-0.25, -0.2) is 0 Å². The third kappa shape index (κ3) is 7.46. The van der Waals surface area contributed by atoms with E-state index in [1.165, 1.54) is 0 Å². The summed E-state index contributed by atoms with van der Waals surface area (Å²) in [7, 11) is -1.08. The number of aliphatic hydroxyl groups is 5. The van der Waals surface area contributed by atoms with E-state index >= 15 is 4.79 Å². The Morgan fingerprint density at radius 2 is 1.59 bits per heavy atom. The van der Waals surface area contributed by atoms with Crippen LogP contribution >= 0.6 is 0 Å². The Bertz CT molecular complexity index is 2280. The molecule has 8 rings (SSSR count). The zero-order valence-electron chi connectivity index (χ0n) is 34.5. The Kier molecular flexibility index (Phi) is 11.7. The van der Waals surface area contributed by atoms with E-state index in [1.54, 1.807) is 35.1 Å². The minimum atomic E-state index is -2.69. The first-order valence-corrected chi connectivity index (χ1v) is 23.8. The van der Waals surface area contributed by atoms with E-state index in [2.05, 4.69) is 18.4 Å². The number of hydrogen-bond donors (Lipinski definition) is 6. The molecule has 4 aromatic rings. The molecular formula is C46H53N3O11Si. The van der Waals surface area contributed by atoms with Gasteiger partial charge in [0.15, 0.2) is 18.0 Å². The number of rotatable bonds is 10. The van der Waals surface area contributed by atoms with Crippen molar-refractivity contribution in [3.8, 4) is 5.75 Å².